The SMILES string of the molecule is CC(=O)NCC(c1ccc(Br)cc1)C1CCN(C(=O)OCC[Si](C)(C)C)CC1. The first kappa shape index (κ1) is 22.9. The molecular formula is C21H33BrN2O3Si. The van der Waals surface area contributed by atoms with Crippen LogP contribution in [0.1, 0.15) is 31.2 Å². The van der Waals surface area contributed by atoms with Crippen LogP contribution < -0.4 is 5.32 Å². The molecular weight excluding hydrogens is 436 g/mol. The Hall–Kier alpha value is -1.34. The summed E-state index contributed by atoms with van der Waals surface area (Å²) >= 11 is 3.48. The second-order valence-corrected chi connectivity index (χ2v) is 15.4. The van der Waals surface area contributed by atoms with Gasteiger partial charge in [0.15, 0.2) is 0 Å². The van der Waals surface area contributed by atoms with Gasteiger partial charge in [-0.15, -0.1) is 0 Å². The maximum atomic E-state index is 12.3. The van der Waals surface area contributed by atoms with Crippen molar-refractivity contribution in [2.75, 3.05) is 26.2 Å². The van der Waals surface area contributed by atoms with Crippen molar-refractivity contribution < 1.29 is 14.3 Å². The zero-order valence-electron chi connectivity index (χ0n) is 17.5. The minimum Gasteiger partial charge on any atom is -0.450 e. The summed E-state index contributed by atoms with van der Waals surface area (Å²) in [5, 5.41) is 2.98. The van der Waals surface area contributed by atoms with E-state index in [2.05, 4.69) is 53.0 Å². The van der Waals surface area contributed by atoms with Crippen LogP contribution in [-0.4, -0.2) is 51.2 Å². The number of ether oxygens (including phenoxy) is 1. The minimum absolute atomic E-state index is 0.00877. The summed E-state index contributed by atoms with van der Waals surface area (Å²) in [5.74, 6) is 0.673. The number of carbonyl (C=O) groups is 2. The van der Waals surface area contributed by atoms with Crippen molar-refractivity contribution in [1.82, 2.24) is 10.2 Å². The molecule has 0 spiro atoms. The Balaban J connectivity index is 1.92. The molecule has 2 amide bonds. The molecule has 156 valence electrons. The predicted molar refractivity (Wildman–Crippen MR) is 119 cm³/mol. The molecule has 5 nitrogen and oxygen atoms in total. The van der Waals surface area contributed by atoms with E-state index < -0.39 is 8.07 Å². The van der Waals surface area contributed by atoms with E-state index in [0.717, 1.165) is 23.4 Å². The van der Waals surface area contributed by atoms with Crippen molar-refractivity contribution in [3.05, 3.63) is 34.3 Å². The van der Waals surface area contributed by atoms with Gasteiger partial charge in [0.2, 0.25) is 5.91 Å². The van der Waals surface area contributed by atoms with E-state index in [0.29, 0.717) is 32.2 Å². The van der Waals surface area contributed by atoms with Crippen molar-refractivity contribution in [3.8, 4) is 0 Å². The van der Waals surface area contributed by atoms with E-state index in [-0.39, 0.29) is 17.9 Å². The zero-order chi connectivity index (χ0) is 20.7. The molecule has 1 aromatic carbocycles. The molecule has 1 aromatic rings. The van der Waals surface area contributed by atoms with Gasteiger partial charge in [0.05, 0.1) is 6.61 Å². The van der Waals surface area contributed by atoms with E-state index in [1.54, 1.807) is 6.92 Å². The predicted octanol–water partition coefficient (Wildman–Crippen LogP) is 4.86. The molecule has 0 aliphatic carbocycles. The molecule has 1 unspecified atom stereocenters. The molecule has 7 heteroatoms. The van der Waals surface area contributed by atoms with Crippen molar-refractivity contribution in [2.45, 2.75) is 51.4 Å². The molecule has 1 aliphatic heterocycles. The van der Waals surface area contributed by atoms with Gasteiger partial charge in [-0.1, -0.05) is 47.7 Å². The Morgan fingerprint density at radius 1 is 1.21 bits per heavy atom. The Labute approximate surface area is 178 Å². The first-order valence-corrected chi connectivity index (χ1v) is 14.6. The Morgan fingerprint density at radius 2 is 1.82 bits per heavy atom. The summed E-state index contributed by atoms with van der Waals surface area (Å²) in [6.07, 6.45) is 1.66. The van der Waals surface area contributed by atoms with Gasteiger partial charge >= 0.3 is 6.09 Å². The number of amides is 2. The quantitative estimate of drug-likeness (QED) is 0.581. The second kappa shape index (κ2) is 10.4. The topological polar surface area (TPSA) is 58.6 Å². The van der Waals surface area contributed by atoms with Crippen LogP contribution in [0.4, 0.5) is 4.79 Å². The number of likely N-dealkylation sites (tertiary alicyclic amines) is 1. The number of nitrogens with one attached hydrogen (secondary N) is 1. The molecule has 0 radical (unpaired) electrons. The molecule has 1 atom stereocenters. The van der Waals surface area contributed by atoms with Crippen LogP contribution in [0, 0.1) is 5.92 Å². The number of carbonyl (C=O) groups excluding carboxylic acids is 2. The Bertz CT molecular complexity index is 653. The molecule has 0 saturated carbocycles. The fraction of sp³-hybridized carbons (Fsp3) is 0.619. The van der Waals surface area contributed by atoms with Crippen molar-refractivity contribution >= 4 is 36.0 Å². The van der Waals surface area contributed by atoms with Crippen LogP contribution in [0.25, 0.3) is 0 Å². The lowest BCUT2D eigenvalue weighted by Gasteiger charge is -2.36. The second-order valence-electron chi connectivity index (χ2n) is 8.84. The molecule has 0 aromatic heterocycles. The van der Waals surface area contributed by atoms with Gasteiger partial charge in [-0.2, -0.15) is 0 Å². The molecule has 1 fully saturated rings. The fourth-order valence-corrected chi connectivity index (χ4v) is 4.52. The summed E-state index contributed by atoms with van der Waals surface area (Å²) in [4.78, 5) is 25.6. The van der Waals surface area contributed by atoms with Gasteiger partial charge in [-0.05, 0) is 42.5 Å². The van der Waals surface area contributed by atoms with Gasteiger partial charge in [-0.25, -0.2) is 4.79 Å². The van der Waals surface area contributed by atoms with E-state index in [1.807, 2.05) is 17.0 Å². The average molecular weight is 469 g/mol. The van der Waals surface area contributed by atoms with Crippen LogP contribution >= 0.6 is 15.9 Å². The molecule has 1 aliphatic rings. The molecule has 1 saturated heterocycles. The van der Waals surface area contributed by atoms with Crippen LogP contribution in [0.3, 0.4) is 0 Å². The van der Waals surface area contributed by atoms with Gasteiger partial charge in [0.1, 0.15) is 0 Å². The molecule has 1 heterocycles. The van der Waals surface area contributed by atoms with Crippen LogP contribution in [-0.2, 0) is 9.53 Å². The average Bonchev–Trinajstić information content (AvgIpc) is 2.62. The van der Waals surface area contributed by atoms with Gasteiger partial charge in [0.25, 0.3) is 0 Å². The lowest BCUT2D eigenvalue weighted by Crippen LogP contribution is -2.42. The third-order valence-corrected chi connectivity index (χ3v) is 7.55. The highest BCUT2D eigenvalue weighted by Crippen LogP contribution is 2.33. The number of rotatable bonds is 7. The molecule has 1 N–H and O–H groups in total. The number of nitrogens with zero attached hydrogens (tertiary/aromatic N) is 1. The number of benzene rings is 1. The van der Waals surface area contributed by atoms with Crippen molar-refractivity contribution in [2.24, 2.45) is 5.92 Å². The highest BCUT2D eigenvalue weighted by atomic mass is 79.9. The van der Waals surface area contributed by atoms with E-state index in [9.17, 15) is 9.59 Å². The fourth-order valence-electron chi connectivity index (χ4n) is 3.54. The largest absolute Gasteiger partial charge is 0.450 e. The normalized spacial score (nSPS) is 16.5. The third-order valence-electron chi connectivity index (χ3n) is 5.31. The zero-order valence-corrected chi connectivity index (χ0v) is 20.0. The van der Waals surface area contributed by atoms with E-state index >= 15 is 0 Å². The lowest BCUT2D eigenvalue weighted by atomic mass is 9.80. The maximum Gasteiger partial charge on any atom is 0.409 e. The van der Waals surface area contributed by atoms with Crippen LogP contribution in [0.5, 0.6) is 0 Å². The van der Waals surface area contributed by atoms with E-state index in [1.165, 1.54) is 5.56 Å². The van der Waals surface area contributed by atoms with Gasteiger partial charge in [-0.3, -0.25) is 4.79 Å². The van der Waals surface area contributed by atoms with Gasteiger partial charge < -0.3 is 15.0 Å². The van der Waals surface area contributed by atoms with Crippen molar-refractivity contribution in [1.29, 1.82) is 0 Å². The first-order chi connectivity index (χ1) is 13.2. The summed E-state index contributed by atoms with van der Waals surface area (Å²) in [6, 6.07) is 9.32. The highest BCUT2D eigenvalue weighted by molar-refractivity contribution is 9.10. The molecule has 28 heavy (non-hydrogen) atoms. The van der Waals surface area contributed by atoms with Gasteiger partial charge in [0, 0.05) is 45.0 Å². The summed E-state index contributed by atoms with van der Waals surface area (Å²) < 4.78 is 6.54. The maximum absolute atomic E-state index is 12.3. The third kappa shape index (κ3) is 7.58. The molecule has 2 rings (SSSR count). The summed E-state index contributed by atoms with van der Waals surface area (Å²) in [7, 11) is -1.19. The highest BCUT2D eigenvalue weighted by Gasteiger charge is 2.30. The smallest absolute Gasteiger partial charge is 0.409 e. The van der Waals surface area contributed by atoms with Crippen LogP contribution in [0.2, 0.25) is 25.7 Å². The monoisotopic (exact) mass is 468 g/mol. The van der Waals surface area contributed by atoms with E-state index in [4.69, 9.17) is 4.74 Å². The number of halogens is 1. The molecule has 0 bridgehead atoms. The number of piperidine rings is 1. The van der Waals surface area contributed by atoms with Crippen LogP contribution in [0.15, 0.2) is 28.7 Å². The minimum atomic E-state index is -1.19. The first-order valence-electron chi connectivity index (χ1n) is 10.1. The number of hydrogen-bond acceptors (Lipinski definition) is 3. The lowest BCUT2D eigenvalue weighted by molar-refractivity contribution is -0.119. The number of hydrogen-bond donors (Lipinski definition) is 1. The Kier molecular flexibility index (Phi) is 8.55. The Morgan fingerprint density at radius 3 is 2.36 bits per heavy atom. The summed E-state index contributed by atoms with van der Waals surface area (Å²) in [6.45, 7) is 11.0. The summed E-state index contributed by atoms with van der Waals surface area (Å²) in [5.41, 5.74) is 1.23. The standard InChI is InChI=1S/C21H33BrN2O3Si/c1-16(25)23-15-20(17-5-7-19(22)8-6-17)18-9-11-24(12-10-18)21(26)27-13-14-28(2,3)4/h5-8,18,20H,9-15H2,1-4H3,(H,23,25). The van der Waals surface area contributed by atoms with Crippen molar-refractivity contribution in [3.63, 3.8) is 0 Å².